The van der Waals surface area contributed by atoms with Crippen molar-refractivity contribution in [2.24, 2.45) is 0 Å². The minimum Gasteiger partial charge on any atom is -0.309 e. The SMILES string of the molecule is [2H]c1c([2H])c(Br)c([2H])c(-n2c3c([2H])c([2H])c([2H])c([2H])c3c3c([2H])c([2H])c(-c4ccccc4)c([2H])c32)c1[2H]. The molecule has 0 bridgehead atoms. The summed E-state index contributed by atoms with van der Waals surface area (Å²) in [6.07, 6.45) is 0. The molecule has 0 unspecified atom stereocenters. The van der Waals surface area contributed by atoms with Gasteiger partial charge in [0.25, 0.3) is 0 Å². The molecule has 1 aromatic heterocycles. The van der Waals surface area contributed by atoms with Crippen LogP contribution in [0.1, 0.15) is 15.1 Å². The molecule has 0 N–H and O–H groups in total. The third-order valence-electron chi connectivity index (χ3n) is 4.02. The van der Waals surface area contributed by atoms with E-state index >= 15 is 0 Å². The lowest BCUT2D eigenvalue weighted by Gasteiger charge is -2.09. The first-order valence-electron chi connectivity index (χ1n) is 13.3. The molecule has 0 amide bonds. The molecule has 1 heterocycles. The van der Waals surface area contributed by atoms with Crippen LogP contribution in [0.25, 0.3) is 38.6 Å². The number of hydrogen-bond donors (Lipinski definition) is 0. The van der Waals surface area contributed by atoms with Gasteiger partial charge in [-0.25, -0.2) is 0 Å². The zero-order valence-electron chi connectivity index (χ0n) is 24.2. The summed E-state index contributed by atoms with van der Waals surface area (Å²) in [5.74, 6) is 0. The number of benzene rings is 4. The van der Waals surface area contributed by atoms with Crippen LogP contribution in [0.3, 0.4) is 0 Å². The van der Waals surface area contributed by atoms with Gasteiger partial charge in [0.05, 0.1) is 26.1 Å². The normalized spacial score (nSPS) is 17.2. The van der Waals surface area contributed by atoms with E-state index in [4.69, 9.17) is 15.1 Å². The van der Waals surface area contributed by atoms with Gasteiger partial charge < -0.3 is 4.57 Å². The van der Waals surface area contributed by atoms with Crippen LogP contribution in [0.5, 0.6) is 0 Å². The van der Waals surface area contributed by atoms with E-state index < -0.39 is 42.3 Å². The van der Waals surface area contributed by atoms with E-state index in [9.17, 15) is 0 Å². The number of halogens is 1. The van der Waals surface area contributed by atoms with E-state index in [0.29, 0.717) is 5.56 Å². The molecule has 0 aliphatic heterocycles. The molecule has 0 spiro atoms. The molecule has 0 saturated heterocycles. The molecule has 2 heteroatoms. The number of fused-ring (bicyclic) bond motifs is 3. The Morgan fingerprint density at radius 1 is 0.692 bits per heavy atom. The summed E-state index contributed by atoms with van der Waals surface area (Å²) >= 11 is 3.13. The van der Waals surface area contributed by atoms with Crippen molar-refractivity contribution in [1.29, 1.82) is 0 Å². The molecule has 0 saturated carbocycles. The Bertz CT molecular complexity index is 1770. The highest BCUT2D eigenvalue weighted by molar-refractivity contribution is 9.10. The molecule has 0 fully saturated rings. The van der Waals surface area contributed by atoms with Crippen LogP contribution in [0.2, 0.25) is 0 Å². The summed E-state index contributed by atoms with van der Waals surface area (Å²) in [5, 5.41) is -0.211. The molecule has 5 rings (SSSR count). The zero-order valence-corrected chi connectivity index (χ0v) is 14.8. The van der Waals surface area contributed by atoms with Crippen molar-refractivity contribution in [2.45, 2.75) is 0 Å². The van der Waals surface area contributed by atoms with Gasteiger partial charge in [0.2, 0.25) is 0 Å². The molecule has 124 valence electrons. The molecule has 5 aromatic rings. The molecule has 0 aliphatic rings. The number of hydrogen-bond acceptors (Lipinski definition) is 0. The van der Waals surface area contributed by atoms with Gasteiger partial charge in [-0.05, 0) is 41.3 Å². The van der Waals surface area contributed by atoms with Gasteiger partial charge in [-0.1, -0.05) is 82.5 Å². The number of para-hydroxylation sites is 1. The molecular weight excluding hydrogens is 382 g/mol. The van der Waals surface area contributed by atoms with Crippen LogP contribution < -0.4 is 0 Å². The summed E-state index contributed by atoms with van der Waals surface area (Å²) < 4.78 is 95.0. The fourth-order valence-electron chi connectivity index (χ4n) is 2.91. The molecule has 0 atom stereocenters. The maximum Gasteiger partial charge on any atom is 0.0657 e. The van der Waals surface area contributed by atoms with Gasteiger partial charge in [-0.2, -0.15) is 0 Å². The third-order valence-corrected chi connectivity index (χ3v) is 4.42. The van der Waals surface area contributed by atoms with Crippen LogP contribution in [0, 0.1) is 0 Å². The number of nitrogens with zero attached hydrogens (tertiary/aromatic N) is 1. The molecular formula is C24H16BrN. The predicted molar refractivity (Wildman–Crippen MR) is 114 cm³/mol. The fraction of sp³-hybridized carbons (Fsp3) is 0. The van der Waals surface area contributed by atoms with Gasteiger partial charge in [0.1, 0.15) is 0 Å². The smallest absolute Gasteiger partial charge is 0.0657 e. The molecule has 4 aromatic carbocycles. The van der Waals surface area contributed by atoms with Crippen molar-refractivity contribution >= 4 is 37.7 Å². The summed E-state index contributed by atoms with van der Waals surface area (Å²) in [7, 11) is 0. The highest BCUT2D eigenvalue weighted by Gasteiger charge is 2.13. The van der Waals surface area contributed by atoms with Gasteiger partial charge in [-0.3, -0.25) is 0 Å². The monoisotopic (exact) mass is 408 g/mol. The molecule has 1 nitrogen and oxygen atoms in total. The van der Waals surface area contributed by atoms with E-state index in [-0.39, 0.29) is 61.7 Å². The first-order chi connectivity index (χ1) is 17.4. The van der Waals surface area contributed by atoms with Crippen LogP contribution >= 0.6 is 15.9 Å². The second-order valence-electron chi connectivity index (χ2n) is 5.56. The van der Waals surface area contributed by atoms with E-state index in [2.05, 4.69) is 15.9 Å². The van der Waals surface area contributed by atoms with E-state index in [1.165, 1.54) is 0 Å². The highest BCUT2D eigenvalue weighted by atomic mass is 79.9. The summed E-state index contributed by atoms with van der Waals surface area (Å²) in [6, 6.07) is 3.53. The lowest BCUT2D eigenvalue weighted by Crippen LogP contribution is -1.93. The average molecular weight is 409 g/mol. The summed E-state index contributed by atoms with van der Waals surface area (Å²) in [6.45, 7) is 0. The van der Waals surface area contributed by atoms with Crippen molar-refractivity contribution in [2.75, 3.05) is 0 Å². The fourth-order valence-corrected chi connectivity index (χ4v) is 3.19. The number of aromatic nitrogens is 1. The van der Waals surface area contributed by atoms with Crippen molar-refractivity contribution < 1.29 is 15.1 Å². The molecule has 26 heavy (non-hydrogen) atoms. The second-order valence-corrected chi connectivity index (χ2v) is 6.35. The lowest BCUT2D eigenvalue weighted by atomic mass is 10.0. The highest BCUT2D eigenvalue weighted by Crippen LogP contribution is 2.35. The van der Waals surface area contributed by atoms with Gasteiger partial charge >= 0.3 is 0 Å². The van der Waals surface area contributed by atoms with Crippen molar-refractivity contribution in [3.63, 3.8) is 0 Å². The minimum atomic E-state index is -0.589. The standard InChI is InChI=1S/C24H16BrN/c25-19-9-6-10-20(16-19)26-23-12-5-4-11-21(23)22-14-13-18(15-24(22)26)17-7-2-1-3-8-17/h1-16H/i4D,5D,6D,9D,10D,11D,12D,13D,14D,15D,16D. The topological polar surface area (TPSA) is 4.93 Å². The van der Waals surface area contributed by atoms with E-state index in [1.807, 2.05) is 0 Å². The van der Waals surface area contributed by atoms with Crippen molar-refractivity contribution in [3.8, 4) is 16.8 Å². The van der Waals surface area contributed by atoms with Crippen molar-refractivity contribution in [3.05, 3.63) is 101 Å². The maximum absolute atomic E-state index is 9.12. The zero-order chi connectivity index (χ0) is 27.1. The Kier molecular flexibility index (Phi) is 1.85. The first kappa shape index (κ1) is 7.81. The lowest BCUT2D eigenvalue weighted by molar-refractivity contribution is 1.18. The molecule has 0 aliphatic carbocycles. The summed E-state index contributed by atoms with van der Waals surface area (Å²) in [4.78, 5) is 0. The third kappa shape index (κ3) is 2.46. The van der Waals surface area contributed by atoms with E-state index in [0.717, 1.165) is 4.57 Å². The van der Waals surface area contributed by atoms with Crippen LogP contribution in [-0.2, 0) is 0 Å². The van der Waals surface area contributed by atoms with Crippen LogP contribution in [-0.4, -0.2) is 4.57 Å². The Hall–Kier alpha value is -2.84. The van der Waals surface area contributed by atoms with Crippen LogP contribution in [0.15, 0.2) is 101 Å². The maximum atomic E-state index is 9.12. The Balaban J connectivity index is 2.18. The Labute approximate surface area is 176 Å². The average Bonchev–Trinajstić information content (AvgIpc) is 3.24. The quantitative estimate of drug-likeness (QED) is 0.290. The Morgan fingerprint density at radius 3 is 2.38 bits per heavy atom. The minimum absolute atomic E-state index is 0.0812. The second kappa shape index (κ2) is 6.15. The van der Waals surface area contributed by atoms with Gasteiger partial charge in [-0.15, -0.1) is 0 Å². The first-order valence-corrected chi connectivity index (χ1v) is 8.56. The van der Waals surface area contributed by atoms with Gasteiger partial charge in [0.15, 0.2) is 0 Å². The summed E-state index contributed by atoms with van der Waals surface area (Å²) in [5.41, 5.74) is -0.00265. The number of rotatable bonds is 2. The molecule has 0 radical (unpaired) electrons. The van der Waals surface area contributed by atoms with E-state index in [1.54, 1.807) is 30.3 Å². The largest absolute Gasteiger partial charge is 0.309 e. The van der Waals surface area contributed by atoms with Gasteiger partial charge in [0, 0.05) is 20.9 Å². The predicted octanol–water partition coefficient (Wildman–Crippen LogP) is 7.21. The van der Waals surface area contributed by atoms with Crippen LogP contribution in [0.4, 0.5) is 0 Å². The van der Waals surface area contributed by atoms with Crippen molar-refractivity contribution in [1.82, 2.24) is 4.57 Å². The Morgan fingerprint density at radius 2 is 1.50 bits per heavy atom.